The van der Waals surface area contributed by atoms with E-state index >= 15 is 0 Å². The molecule has 0 saturated carbocycles. The molecule has 2 aliphatic rings. The Morgan fingerprint density at radius 1 is 0.514 bits per heavy atom. The highest BCUT2D eigenvalue weighted by Crippen LogP contribution is 2.35. The van der Waals surface area contributed by atoms with E-state index in [4.69, 9.17) is 0 Å². The Balaban J connectivity index is 1.27. The van der Waals surface area contributed by atoms with Gasteiger partial charge in [-0.15, -0.1) is 0 Å². The summed E-state index contributed by atoms with van der Waals surface area (Å²) in [6.45, 7) is 4.61. The molecule has 188 valence electrons. The van der Waals surface area contributed by atoms with Crippen molar-refractivity contribution in [2.24, 2.45) is 11.8 Å². The van der Waals surface area contributed by atoms with Gasteiger partial charge in [0.25, 0.3) is 0 Å². The van der Waals surface area contributed by atoms with E-state index in [9.17, 15) is 0 Å². The van der Waals surface area contributed by atoms with Crippen LogP contribution in [-0.4, -0.2) is 0 Å². The van der Waals surface area contributed by atoms with E-state index in [2.05, 4.69) is 74.5 Å². The summed E-state index contributed by atoms with van der Waals surface area (Å²) in [6.07, 6.45) is 25.5. The Hall–Kier alpha value is -2.08. The SMILES string of the molecule is CCCCCCCCC1CC=C(c2ccc(-c3ccc(C4=CCC(CCC)CC4)cc3)cc2)CC1. The predicted molar refractivity (Wildman–Crippen MR) is 155 cm³/mol. The molecule has 2 aliphatic carbocycles. The molecule has 2 unspecified atom stereocenters. The van der Waals surface area contributed by atoms with E-state index < -0.39 is 0 Å². The Labute approximate surface area is 215 Å². The summed E-state index contributed by atoms with van der Waals surface area (Å²) >= 11 is 0. The Morgan fingerprint density at radius 3 is 1.43 bits per heavy atom. The first-order chi connectivity index (χ1) is 17.3. The third kappa shape index (κ3) is 7.70. The van der Waals surface area contributed by atoms with Crippen LogP contribution >= 0.6 is 0 Å². The zero-order valence-corrected chi connectivity index (χ0v) is 22.5. The van der Waals surface area contributed by atoms with Gasteiger partial charge in [-0.2, -0.15) is 0 Å². The van der Waals surface area contributed by atoms with E-state index in [0.717, 1.165) is 11.8 Å². The van der Waals surface area contributed by atoms with Crippen molar-refractivity contribution in [3.63, 3.8) is 0 Å². The second-order valence-electron chi connectivity index (χ2n) is 11.2. The van der Waals surface area contributed by atoms with Gasteiger partial charge in [-0.1, -0.05) is 132 Å². The Bertz CT molecular complexity index is 941. The third-order valence-corrected chi connectivity index (χ3v) is 8.55. The van der Waals surface area contributed by atoms with Crippen LogP contribution in [0, 0.1) is 11.8 Å². The molecule has 4 rings (SSSR count). The quantitative estimate of drug-likeness (QED) is 0.272. The minimum Gasteiger partial charge on any atom is -0.0804 e. The molecule has 0 aromatic heterocycles. The van der Waals surface area contributed by atoms with E-state index in [1.54, 1.807) is 11.1 Å². The second-order valence-corrected chi connectivity index (χ2v) is 11.2. The molecular weight excluding hydrogens is 420 g/mol. The van der Waals surface area contributed by atoms with Crippen molar-refractivity contribution >= 4 is 11.1 Å². The summed E-state index contributed by atoms with van der Waals surface area (Å²) in [5.74, 6) is 1.83. The Kier molecular flexibility index (Phi) is 10.3. The number of rotatable bonds is 12. The zero-order chi connectivity index (χ0) is 24.3. The minimum atomic E-state index is 0.909. The first-order valence-electron chi connectivity index (χ1n) is 14.9. The number of benzene rings is 2. The van der Waals surface area contributed by atoms with Gasteiger partial charge in [0.05, 0.1) is 0 Å². The van der Waals surface area contributed by atoms with Gasteiger partial charge >= 0.3 is 0 Å². The normalized spacial score (nSPS) is 20.4. The standard InChI is InChI=1S/C35H48/c1-3-5-6-7-8-9-11-29-14-18-31(19-15-29)33-22-26-35(27-23-33)34-24-20-32(21-25-34)30-16-12-28(10-4-2)13-17-30/h16,18,20-29H,3-15,17,19H2,1-2H3. The lowest BCUT2D eigenvalue weighted by Gasteiger charge is -2.22. The molecule has 35 heavy (non-hydrogen) atoms. The molecule has 0 heteroatoms. The van der Waals surface area contributed by atoms with Crippen molar-refractivity contribution in [1.29, 1.82) is 0 Å². The molecule has 0 fully saturated rings. The van der Waals surface area contributed by atoms with Gasteiger partial charge in [0.15, 0.2) is 0 Å². The van der Waals surface area contributed by atoms with Crippen molar-refractivity contribution in [2.45, 2.75) is 110 Å². The van der Waals surface area contributed by atoms with Crippen LogP contribution in [0.3, 0.4) is 0 Å². The van der Waals surface area contributed by atoms with E-state index in [1.807, 2.05) is 0 Å². The molecule has 0 bridgehead atoms. The number of allylic oxidation sites excluding steroid dienone is 4. The van der Waals surface area contributed by atoms with Gasteiger partial charge in [0, 0.05) is 0 Å². The zero-order valence-electron chi connectivity index (χ0n) is 22.5. The summed E-state index contributed by atoms with van der Waals surface area (Å²) in [7, 11) is 0. The molecule has 2 aromatic rings. The third-order valence-electron chi connectivity index (χ3n) is 8.55. The van der Waals surface area contributed by atoms with Gasteiger partial charge < -0.3 is 0 Å². The lowest BCUT2D eigenvalue weighted by atomic mass is 9.83. The first kappa shape index (κ1) is 26.0. The molecule has 2 atom stereocenters. The van der Waals surface area contributed by atoms with Crippen LogP contribution in [0.5, 0.6) is 0 Å². The van der Waals surface area contributed by atoms with Crippen LogP contribution in [0.25, 0.3) is 22.3 Å². The number of hydrogen-bond donors (Lipinski definition) is 0. The molecule has 0 nitrogen and oxygen atoms in total. The van der Waals surface area contributed by atoms with Gasteiger partial charge in [-0.3, -0.25) is 0 Å². The topological polar surface area (TPSA) is 0 Å². The van der Waals surface area contributed by atoms with Crippen LogP contribution in [-0.2, 0) is 0 Å². The largest absolute Gasteiger partial charge is 0.0804 e. The van der Waals surface area contributed by atoms with Crippen molar-refractivity contribution < 1.29 is 0 Å². The smallest absolute Gasteiger partial charge is 0.0184 e. The molecule has 0 aliphatic heterocycles. The summed E-state index contributed by atoms with van der Waals surface area (Å²) in [5, 5.41) is 0. The fourth-order valence-electron chi connectivity index (χ4n) is 6.20. The molecule has 0 radical (unpaired) electrons. The average Bonchev–Trinajstić information content (AvgIpc) is 2.92. The maximum absolute atomic E-state index is 2.54. The summed E-state index contributed by atoms with van der Waals surface area (Å²) in [4.78, 5) is 0. The summed E-state index contributed by atoms with van der Waals surface area (Å²) < 4.78 is 0. The predicted octanol–water partition coefficient (Wildman–Crippen LogP) is 11.3. The van der Waals surface area contributed by atoms with Crippen molar-refractivity contribution in [3.8, 4) is 11.1 Å². The van der Waals surface area contributed by atoms with Gasteiger partial charge in [0.1, 0.15) is 0 Å². The van der Waals surface area contributed by atoms with Crippen molar-refractivity contribution in [2.75, 3.05) is 0 Å². The van der Waals surface area contributed by atoms with Crippen molar-refractivity contribution in [3.05, 3.63) is 71.8 Å². The Morgan fingerprint density at radius 2 is 0.971 bits per heavy atom. The van der Waals surface area contributed by atoms with Crippen molar-refractivity contribution in [1.82, 2.24) is 0 Å². The van der Waals surface area contributed by atoms with Gasteiger partial charge in [0.2, 0.25) is 0 Å². The maximum Gasteiger partial charge on any atom is -0.0184 e. The molecule has 0 saturated heterocycles. The summed E-state index contributed by atoms with van der Waals surface area (Å²) in [6, 6.07) is 18.6. The maximum atomic E-state index is 2.54. The highest BCUT2D eigenvalue weighted by molar-refractivity contribution is 5.73. The van der Waals surface area contributed by atoms with E-state index in [1.165, 1.54) is 119 Å². The number of hydrogen-bond acceptors (Lipinski definition) is 0. The first-order valence-corrected chi connectivity index (χ1v) is 14.9. The monoisotopic (exact) mass is 468 g/mol. The molecule has 2 aromatic carbocycles. The minimum absolute atomic E-state index is 0.909. The fourth-order valence-corrected chi connectivity index (χ4v) is 6.20. The van der Waals surface area contributed by atoms with Crippen LogP contribution in [0.4, 0.5) is 0 Å². The molecule has 0 amide bonds. The van der Waals surface area contributed by atoms with Crippen LogP contribution in [0.1, 0.15) is 121 Å². The van der Waals surface area contributed by atoms with Gasteiger partial charge in [-0.25, -0.2) is 0 Å². The molecule has 0 heterocycles. The van der Waals surface area contributed by atoms with Crippen LogP contribution in [0.15, 0.2) is 60.7 Å². The fraction of sp³-hybridized carbons (Fsp3) is 0.543. The van der Waals surface area contributed by atoms with E-state index in [0.29, 0.717) is 0 Å². The molecule has 0 spiro atoms. The number of unbranched alkanes of at least 4 members (excludes halogenated alkanes) is 5. The highest BCUT2D eigenvalue weighted by atomic mass is 14.2. The van der Waals surface area contributed by atoms with E-state index in [-0.39, 0.29) is 0 Å². The molecular formula is C35H48. The highest BCUT2D eigenvalue weighted by Gasteiger charge is 2.16. The van der Waals surface area contributed by atoms with Crippen LogP contribution in [0.2, 0.25) is 0 Å². The average molecular weight is 469 g/mol. The van der Waals surface area contributed by atoms with Gasteiger partial charge in [-0.05, 0) is 83.8 Å². The second kappa shape index (κ2) is 13.9. The lowest BCUT2D eigenvalue weighted by molar-refractivity contribution is 0.423. The summed E-state index contributed by atoms with van der Waals surface area (Å²) in [5.41, 5.74) is 8.63. The van der Waals surface area contributed by atoms with Crippen LogP contribution < -0.4 is 0 Å². The lowest BCUT2D eigenvalue weighted by Crippen LogP contribution is -2.05. The molecule has 0 N–H and O–H groups in total.